The Kier molecular flexibility index (Phi) is 7.00. The number of hydrogen-bond acceptors (Lipinski definition) is 3. The lowest BCUT2D eigenvalue weighted by Crippen LogP contribution is -2.22. The Balaban J connectivity index is 1.89. The number of carbonyl (C=O) groups is 2. The van der Waals surface area contributed by atoms with E-state index in [9.17, 15) is 9.59 Å². The number of hydrogen-bond donors (Lipinski definition) is 1. The second-order valence-corrected chi connectivity index (χ2v) is 10.2. The van der Waals surface area contributed by atoms with Crippen LogP contribution in [-0.2, 0) is 30.5 Å². The molecule has 31 heavy (non-hydrogen) atoms. The quantitative estimate of drug-likeness (QED) is 0.388. The monoisotopic (exact) mass is 436 g/mol. The third-order valence-corrected chi connectivity index (χ3v) is 7.58. The highest BCUT2D eigenvalue weighted by Crippen LogP contribution is 2.42. The summed E-state index contributed by atoms with van der Waals surface area (Å²) in [5, 5.41) is 8.94. The summed E-state index contributed by atoms with van der Waals surface area (Å²) in [6.45, 7) is 10.8. The van der Waals surface area contributed by atoms with E-state index in [0.29, 0.717) is 5.41 Å². The molecule has 1 aliphatic rings. The van der Waals surface area contributed by atoms with Crippen LogP contribution >= 0.6 is 11.3 Å². The van der Waals surface area contributed by atoms with Gasteiger partial charge in [-0.05, 0) is 90.0 Å². The number of ketones is 1. The number of thiophene rings is 1. The fourth-order valence-electron chi connectivity index (χ4n) is 4.47. The minimum Gasteiger partial charge on any atom is -0.478 e. The largest absolute Gasteiger partial charge is 0.478 e. The fourth-order valence-corrected chi connectivity index (χ4v) is 5.69. The van der Waals surface area contributed by atoms with E-state index in [-0.39, 0.29) is 5.78 Å². The number of aliphatic carboxylic acids is 1. The van der Waals surface area contributed by atoms with Gasteiger partial charge < -0.3 is 5.11 Å². The lowest BCUT2D eigenvalue weighted by Gasteiger charge is -2.30. The molecule has 0 radical (unpaired) electrons. The van der Waals surface area contributed by atoms with Gasteiger partial charge in [-0.15, -0.1) is 11.3 Å². The van der Waals surface area contributed by atoms with Gasteiger partial charge >= 0.3 is 5.97 Å². The molecule has 1 heterocycles. The van der Waals surface area contributed by atoms with Crippen molar-refractivity contribution in [2.75, 3.05) is 0 Å². The first-order chi connectivity index (χ1) is 14.6. The Morgan fingerprint density at radius 3 is 2.48 bits per heavy atom. The van der Waals surface area contributed by atoms with Gasteiger partial charge in [0.2, 0.25) is 0 Å². The second kappa shape index (κ2) is 9.35. The standard InChI is InChI=1S/C27H32O3S/c1-6-19-15-18(14-17(3)20(19)9-11-25(29)30)8-10-23(28)26-21-12-13-27(4,5)16-22(21)24(7-2)31-26/h8-11,14-15H,6-7,12-13,16H2,1-5H3,(H,29,30)/b10-8+,11-9+. The number of aryl methyl sites for hydroxylation is 3. The highest BCUT2D eigenvalue weighted by atomic mass is 32.1. The summed E-state index contributed by atoms with van der Waals surface area (Å²) in [6.07, 6.45) is 11.4. The predicted molar refractivity (Wildman–Crippen MR) is 130 cm³/mol. The van der Waals surface area contributed by atoms with Crippen molar-refractivity contribution in [1.29, 1.82) is 0 Å². The SMILES string of the molecule is CCc1cc(/C=C/C(=O)c2sc(CC)c3c2CCC(C)(C)C3)cc(C)c1/C=C/C(=O)O. The molecular formula is C27H32O3S. The topological polar surface area (TPSA) is 54.4 Å². The maximum atomic E-state index is 13.1. The van der Waals surface area contributed by atoms with Crippen LogP contribution in [0.4, 0.5) is 0 Å². The van der Waals surface area contributed by atoms with Gasteiger partial charge in [-0.25, -0.2) is 4.79 Å². The molecular weight excluding hydrogens is 404 g/mol. The zero-order chi connectivity index (χ0) is 22.8. The summed E-state index contributed by atoms with van der Waals surface area (Å²) in [7, 11) is 0. The Morgan fingerprint density at radius 2 is 1.84 bits per heavy atom. The van der Waals surface area contributed by atoms with Gasteiger partial charge in [0, 0.05) is 11.0 Å². The molecule has 0 amide bonds. The van der Waals surface area contributed by atoms with Gasteiger partial charge in [0.1, 0.15) is 0 Å². The smallest absolute Gasteiger partial charge is 0.328 e. The van der Waals surface area contributed by atoms with Crippen molar-refractivity contribution in [1.82, 2.24) is 0 Å². The van der Waals surface area contributed by atoms with Gasteiger partial charge in [0.25, 0.3) is 0 Å². The summed E-state index contributed by atoms with van der Waals surface area (Å²) < 4.78 is 0. The maximum Gasteiger partial charge on any atom is 0.328 e. The molecule has 0 unspecified atom stereocenters. The van der Waals surface area contributed by atoms with Crippen molar-refractivity contribution in [2.45, 2.75) is 66.7 Å². The first-order valence-electron chi connectivity index (χ1n) is 11.1. The summed E-state index contributed by atoms with van der Waals surface area (Å²) in [5.74, 6) is -0.864. The van der Waals surface area contributed by atoms with E-state index in [1.165, 1.54) is 22.1 Å². The van der Waals surface area contributed by atoms with Crippen LogP contribution in [0.1, 0.15) is 82.0 Å². The predicted octanol–water partition coefficient (Wildman–Crippen LogP) is 6.69. The molecule has 1 N–H and O–H groups in total. The first-order valence-corrected chi connectivity index (χ1v) is 11.9. The molecule has 1 aliphatic carbocycles. The van der Waals surface area contributed by atoms with Gasteiger partial charge in [0.15, 0.2) is 5.78 Å². The van der Waals surface area contributed by atoms with E-state index < -0.39 is 5.97 Å². The fraction of sp³-hybridized carbons (Fsp3) is 0.407. The van der Waals surface area contributed by atoms with Crippen LogP contribution < -0.4 is 0 Å². The van der Waals surface area contributed by atoms with E-state index in [1.54, 1.807) is 23.5 Å². The lowest BCUT2D eigenvalue weighted by atomic mass is 9.74. The van der Waals surface area contributed by atoms with E-state index >= 15 is 0 Å². The number of carboxylic acid groups (broad SMARTS) is 1. The molecule has 0 spiro atoms. The normalized spacial score (nSPS) is 15.5. The number of allylic oxidation sites excluding steroid dienone is 1. The minimum atomic E-state index is -0.954. The van der Waals surface area contributed by atoms with Crippen molar-refractivity contribution >= 4 is 35.2 Å². The molecule has 1 aromatic heterocycles. The van der Waals surface area contributed by atoms with Crippen LogP contribution in [0, 0.1) is 12.3 Å². The first kappa shape index (κ1) is 23.2. The summed E-state index contributed by atoms with van der Waals surface area (Å²) in [5.41, 5.74) is 6.99. The van der Waals surface area contributed by atoms with Crippen LogP contribution in [0.2, 0.25) is 0 Å². The van der Waals surface area contributed by atoms with Crippen molar-refractivity contribution < 1.29 is 14.7 Å². The summed E-state index contributed by atoms with van der Waals surface area (Å²) >= 11 is 1.68. The zero-order valence-electron chi connectivity index (χ0n) is 19.2. The van der Waals surface area contributed by atoms with E-state index in [2.05, 4.69) is 27.7 Å². The van der Waals surface area contributed by atoms with Crippen LogP contribution in [0.15, 0.2) is 24.3 Å². The average molecular weight is 437 g/mol. The number of rotatable bonds is 7. The number of benzene rings is 1. The Bertz CT molecular complexity index is 1070. The molecule has 4 heteroatoms. The Hall–Kier alpha value is -2.46. The highest BCUT2D eigenvalue weighted by Gasteiger charge is 2.31. The molecule has 0 saturated carbocycles. The number of fused-ring (bicyclic) bond motifs is 1. The molecule has 164 valence electrons. The van der Waals surface area contributed by atoms with Crippen molar-refractivity contribution in [3.05, 3.63) is 67.4 Å². The van der Waals surface area contributed by atoms with Gasteiger partial charge in [-0.1, -0.05) is 45.9 Å². The molecule has 0 aliphatic heterocycles. The third kappa shape index (κ3) is 5.24. The summed E-state index contributed by atoms with van der Waals surface area (Å²) in [4.78, 5) is 26.3. The molecule has 0 fully saturated rings. The molecule has 0 bridgehead atoms. The van der Waals surface area contributed by atoms with Crippen LogP contribution in [0.3, 0.4) is 0 Å². The van der Waals surface area contributed by atoms with E-state index in [0.717, 1.165) is 59.2 Å². The lowest BCUT2D eigenvalue weighted by molar-refractivity contribution is -0.131. The van der Waals surface area contributed by atoms with Gasteiger partial charge in [-0.2, -0.15) is 0 Å². The maximum absolute atomic E-state index is 13.1. The molecule has 0 atom stereocenters. The Labute approximate surface area is 189 Å². The van der Waals surface area contributed by atoms with E-state index in [4.69, 9.17) is 5.11 Å². The van der Waals surface area contributed by atoms with Gasteiger partial charge in [0.05, 0.1) is 4.88 Å². The van der Waals surface area contributed by atoms with Crippen LogP contribution in [0.25, 0.3) is 12.2 Å². The third-order valence-electron chi connectivity index (χ3n) is 6.15. The molecule has 0 saturated heterocycles. The van der Waals surface area contributed by atoms with Gasteiger partial charge in [-0.3, -0.25) is 4.79 Å². The number of carboxylic acids is 1. The number of carbonyl (C=O) groups excluding carboxylic acids is 1. The zero-order valence-corrected chi connectivity index (χ0v) is 20.0. The molecule has 3 rings (SSSR count). The van der Waals surface area contributed by atoms with E-state index in [1.807, 2.05) is 25.1 Å². The minimum absolute atomic E-state index is 0.0891. The highest BCUT2D eigenvalue weighted by molar-refractivity contribution is 7.14. The van der Waals surface area contributed by atoms with Crippen molar-refractivity contribution in [2.24, 2.45) is 5.41 Å². The average Bonchev–Trinajstić information content (AvgIpc) is 3.07. The van der Waals surface area contributed by atoms with Crippen LogP contribution in [-0.4, -0.2) is 16.9 Å². The second-order valence-electron chi connectivity index (χ2n) is 9.14. The Morgan fingerprint density at radius 1 is 1.10 bits per heavy atom. The van der Waals surface area contributed by atoms with Crippen LogP contribution in [0.5, 0.6) is 0 Å². The molecule has 1 aromatic carbocycles. The summed E-state index contributed by atoms with van der Waals surface area (Å²) in [6, 6.07) is 4.05. The molecule has 2 aromatic rings. The molecule has 3 nitrogen and oxygen atoms in total. The van der Waals surface area contributed by atoms with Crippen molar-refractivity contribution in [3.63, 3.8) is 0 Å². The van der Waals surface area contributed by atoms with Crippen molar-refractivity contribution in [3.8, 4) is 0 Å².